The maximum absolute atomic E-state index is 13.8. The molecule has 2 heterocycles. The summed E-state index contributed by atoms with van der Waals surface area (Å²) in [6.07, 6.45) is 4.23. The van der Waals surface area contributed by atoms with Gasteiger partial charge in [0.05, 0.1) is 30.1 Å². The number of hydrogen-bond donors (Lipinski definition) is 3. The van der Waals surface area contributed by atoms with Gasteiger partial charge < -0.3 is 25.2 Å². The second-order valence-electron chi connectivity index (χ2n) is 9.61. The molecule has 0 bridgehead atoms. The molecule has 0 fully saturated rings. The zero-order valence-electron chi connectivity index (χ0n) is 22.2. The molecule has 0 aliphatic rings. The number of imidazole rings is 1. The van der Waals surface area contributed by atoms with Crippen molar-refractivity contribution in [2.45, 2.75) is 45.8 Å². The molecule has 0 aliphatic heterocycles. The minimum atomic E-state index is -1.41. The Morgan fingerprint density at radius 3 is 2.64 bits per heavy atom. The minimum absolute atomic E-state index is 0.0140. The van der Waals surface area contributed by atoms with E-state index in [9.17, 15) is 23.6 Å². The molecule has 1 atom stereocenters. The number of anilines is 1. The summed E-state index contributed by atoms with van der Waals surface area (Å²) in [6.45, 7) is 4.66. The molecule has 3 N–H and O–H groups in total. The molecule has 0 aliphatic carbocycles. The van der Waals surface area contributed by atoms with Crippen LogP contribution in [0.2, 0.25) is 0 Å². The fourth-order valence-corrected chi connectivity index (χ4v) is 3.88. The van der Waals surface area contributed by atoms with Gasteiger partial charge >= 0.3 is 6.09 Å². The summed E-state index contributed by atoms with van der Waals surface area (Å²) >= 11 is 0. The molecule has 12 nitrogen and oxygen atoms in total. The summed E-state index contributed by atoms with van der Waals surface area (Å²) in [5.74, 6) is -0.646. The van der Waals surface area contributed by atoms with Gasteiger partial charge in [0.2, 0.25) is 11.8 Å². The molecule has 0 saturated heterocycles. The molecule has 0 radical (unpaired) electrons. The molecule has 1 unspecified atom stereocenters. The molecular formula is C26H32FN7O5. The van der Waals surface area contributed by atoms with Gasteiger partial charge in [-0.3, -0.25) is 19.0 Å². The molecule has 1 aromatic carbocycles. The van der Waals surface area contributed by atoms with Crippen LogP contribution in [-0.2, 0) is 22.7 Å². The number of hydrogen-bond acceptors (Lipinski definition) is 6. The maximum Gasteiger partial charge on any atom is 0.405 e. The summed E-state index contributed by atoms with van der Waals surface area (Å²) in [5, 5.41) is 13.7. The number of rotatable bonds is 11. The Morgan fingerprint density at radius 1 is 1.23 bits per heavy atom. The highest BCUT2D eigenvalue weighted by molar-refractivity contribution is 5.96. The predicted octanol–water partition coefficient (Wildman–Crippen LogP) is 2.44. The van der Waals surface area contributed by atoms with E-state index in [2.05, 4.69) is 20.6 Å². The van der Waals surface area contributed by atoms with Crippen molar-refractivity contribution >= 4 is 34.6 Å². The minimum Gasteiger partial charge on any atom is -0.465 e. The molecule has 0 spiro atoms. The second kappa shape index (κ2) is 12.8. The van der Waals surface area contributed by atoms with E-state index in [0.717, 1.165) is 5.52 Å². The lowest BCUT2D eigenvalue weighted by Crippen LogP contribution is -2.44. The van der Waals surface area contributed by atoms with Gasteiger partial charge in [-0.25, -0.2) is 19.2 Å². The Labute approximate surface area is 224 Å². The first-order valence-corrected chi connectivity index (χ1v) is 12.3. The molecule has 3 aromatic rings. The number of allylic oxidation sites excluding steroid dienone is 1. The number of carbonyl (C=O) groups is 3. The van der Waals surface area contributed by atoms with E-state index in [1.165, 1.54) is 46.3 Å². The van der Waals surface area contributed by atoms with E-state index < -0.39 is 29.4 Å². The van der Waals surface area contributed by atoms with Crippen LogP contribution >= 0.6 is 0 Å². The lowest BCUT2D eigenvalue weighted by molar-refractivity contribution is -0.123. The number of benzene rings is 1. The van der Waals surface area contributed by atoms with E-state index >= 15 is 0 Å². The third-order valence-corrected chi connectivity index (χ3v) is 5.75. The van der Waals surface area contributed by atoms with E-state index in [0.29, 0.717) is 17.9 Å². The van der Waals surface area contributed by atoms with Gasteiger partial charge in [-0.05, 0) is 37.0 Å². The van der Waals surface area contributed by atoms with Crippen molar-refractivity contribution in [3.63, 3.8) is 0 Å². The van der Waals surface area contributed by atoms with E-state index in [1.54, 1.807) is 20.2 Å². The third-order valence-electron chi connectivity index (χ3n) is 5.75. The highest BCUT2D eigenvalue weighted by Gasteiger charge is 2.22. The highest BCUT2D eigenvalue weighted by Crippen LogP contribution is 2.20. The number of nitrogens with one attached hydrogen (secondary N) is 2. The third kappa shape index (κ3) is 7.72. The number of nitrogens with zero attached hydrogens (tertiary/aromatic N) is 5. The van der Waals surface area contributed by atoms with Crippen LogP contribution in [-0.4, -0.2) is 67.2 Å². The molecule has 3 rings (SSSR count). The fraction of sp³-hybridized carbons (Fsp3) is 0.385. The summed E-state index contributed by atoms with van der Waals surface area (Å²) in [5.41, 5.74) is 0.475. The lowest BCUT2D eigenvalue weighted by atomic mass is 10.1. The van der Waals surface area contributed by atoms with E-state index in [1.807, 2.05) is 18.4 Å². The summed E-state index contributed by atoms with van der Waals surface area (Å²) in [4.78, 5) is 58.9. The van der Waals surface area contributed by atoms with Crippen molar-refractivity contribution in [1.82, 2.24) is 29.3 Å². The van der Waals surface area contributed by atoms with Crippen LogP contribution in [0.5, 0.6) is 0 Å². The molecule has 208 valence electrons. The number of fused-ring (bicyclic) bond motifs is 1. The van der Waals surface area contributed by atoms with Gasteiger partial charge in [0.25, 0.3) is 5.56 Å². The SMILES string of the molecule is CC(C)Cn1c(Cn2cncc(NC(=O)C(CCC=CC(=O)N(C)C)NC(=O)O)c2=O)nc2cc(F)ccc21. The number of amides is 3. The standard InChI is InChI=1S/C26H32FN7O5/c1-16(2)13-34-21-10-9-17(27)11-19(21)29-22(34)14-33-15-28-12-20(25(33)37)30-24(36)18(31-26(38)39)7-5-6-8-23(35)32(3)4/h6,8-12,15-16,18,31H,5,7,13-14H2,1-4H3,(H,30,36)(H,38,39). The van der Waals surface area contributed by atoms with Gasteiger partial charge in [0.1, 0.15) is 23.4 Å². The average molecular weight is 542 g/mol. The Kier molecular flexibility index (Phi) is 9.52. The Balaban J connectivity index is 1.81. The number of carbonyl (C=O) groups excluding carboxylic acids is 2. The summed E-state index contributed by atoms with van der Waals surface area (Å²) in [6, 6.07) is 3.14. The van der Waals surface area contributed by atoms with Crippen LogP contribution < -0.4 is 16.2 Å². The van der Waals surface area contributed by atoms with Gasteiger partial charge in [-0.2, -0.15) is 0 Å². The quantitative estimate of drug-likeness (QED) is 0.315. The predicted molar refractivity (Wildman–Crippen MR) is 143 cm³/mol. The van der Waals surface area contributed by atoms with Crippen molar-refractivity contribution < 1.29 is 23.9 Å². The van der Waals surface area contributed by atoms with Crippen LogP contribution in [0.15, 0.2) is 47.7 Å². The first-order valence-electron chi connectivity index (χ1n) is 12.3. The molecule has 0 saturated carbocycles. The summed E-state index contributed by atoms with van der Waals surface area (Å²) < 4.78 is 17.0. The van der Waals surface area contributed by atoms with Crippen LogP contribution in [0.4, 0.5) is 14.9 Å². The van der Waals surface area contributed by atoms with Gasteiger partial charge in [0, 0.05) is 26.7 Å². The van der Waals surface area contributed by atoms with Gasteiger partial charge in [-0.15, -0.1) is 0 Å². The monoisotopic (exact) mass is 541 g/mol. The van der Waals surface area contributed by atoms with Crippen LogP contribution in [0.25, 0.3) is 11.0 Å². The van der Waals surface area contributed by atoms with E-state index in [-0.39, 0.29) is 36.9 Å². The van der Waals surface area contributed by atoms with Crippen LogP contribution in [0.3, 0.4) is 0 Å². The van der Waals surface area contributed by atoms with Crippen LogP contribution in [0.1, 0.15) is 32.5 Å². The zero-order chi connectivity index (χ0) is 28.7. The Bertz CT molecular complexity index is 1440. The number of aromatic nitrogens is 4. The number of likely N-dealkylation sites (N-methyl/N-ethyl adjacent to an activating group) is 1. The molecule has 13 heteroatoms. The lowest BCUT2D eigenvalue weighted by Gasteiger charge is -2.16. The second-order valence-corrected chi connectivity index (χ2v) is 9.61. The van der Waals surface area contributed by atoms with E-state index in [4.69, 9.17) is 5.11 Å². The first kappa shape index (κ1) is 29.0. The molecule has 39 heavy (non-hydrogen) atoms. The molecule has 2 aromatic heterocycles. The molecule has 3 amide bonds. The topological polar surface area (TPSA) is 151 Å². The first-order chi connectivity index (χ1) is 18.5. The fourth-order valence-electron chi connectivity index (χ4n) is 3.88. The smallest absolute Gasteiger partial charge is 0.405 e. The number of carboxylic acid groups (broad SMARTS) is 1. The average Bonchev–Trinajstić information content (AvgIpc) is 3.18. The summed E-state index contributed by atoms with van der Waals surface area (Å²) in [7, 11) is 3.19. The largest absolute Gasteiger partial charge is 0.465 e. The number of halogens is 1. The van der Waals surface area contributed by atoms with Crippen molar-refractivity contribution in [1.29, 1.82) is 0 Å². The van der Waals surface area contributed by atoms with Crippen molar-refractivity contribution in [2.24, 2.45) is 5.92 Å². The Morgan fingerprint density at radius 2 is 1.97 bits per heavy atom. The van der Waals surface area contributed by atoms with Crippen LogP contribution in [0, 0.1) is 11.7 Å². The van der Waals surface area contributed by atoms with Gasteiger partial charge in [-0.1, -0.05) is 19.9 Å². The maximum atomic E-state index is 13.8. The Hall–Kier alpha value is -4.55. The van der Waals surface area contributed by atoms with Gasteiger partial charge in [0.15, 0.2) is 0 Å². The normalized spacial score (nSPS) is 12.2. The molecular weight excluding hydrogens is 509 g/mol. The van der Waals surface area contributed by atoms with Crippen molar-refractivity contribution in [3.8, 4) is 0 Å². The van der Waals surface area contributed by atoms with Crippen molar-refractivity contribution in [2.75, 3.05) is 19.4 Å². The highest BCUT2D eigenvalue weighted by atomic mass is 19.1. The van der Waals surface area contributed by atoms with Crippen molar-refractivity contribution in [3.05, 3.63) is 64.9 Å². The zero-order valence-corrected chi connectivity index (χ0v) is 22.2.